The van der Waals surface area contributed by atoms with Crippen molar-refractivity contribution < 1.29 is 4.74 Å². The molecule has 3 rings (SSSR count). The fourth-order valence-electron chi connectivity index (χ4n) is 2.45. The summed E-state index contributed by atoms with van der Waals surface area (Å²) in [4.78, 5) is 0.217. The molecule has 0 aromatic heterocycles. The summed E-state index contributed by atoms with van der Waals surface area (Å²) in [6, 6.07) is 13.1. The molecular weight excluding hydrogens is 368 g/mol. The van der Waals surface area contributed by atoms with E-state index in [4.69, 9.17) is 4.74 Å². The molecule has 1 unspecified atom stereocenters. The number of hydrogen-bond acceptors (Lipinski definition) is 1. The third-order valence-corrected chi connectivity index (χ3v) is 4.91. The Morgan fingerprint density at radius 1 is 1.00 bits per heavy atom. The zero-order chi connectivity index (χ0) is 13.4. The molecule has 2 aromatic rings. The molecule has 98 valence electrons. The van der Waals surface area contributed by atoms with Crippen molar-refractivity contribution in [2.24, 2.45) is 0 Å². The van der Waals surface area contributed by atoms with Crippen LogP contribution in [0.2, 0.25) is 0 Å². The lowest BCUT2D eigenvalue weighted by molar-refractivity contribution is 0.134. The lowest BCUT2D eigenvalue weighted by atomic mass is 9.99. The number of aryl methyl sites for hydroxylation is 1. The van der Waals surface area contributed by atoms with Crippen molar-refractivity contribution in [1.82, 2.24) is 0 Å². The summed E-state index contributed by atoms with van der Waals surface area (Å²) < 4.78 is 6.59. The van der Waals surface area contributed by atoms with Crippen molar-refractivity contribution >= 4 is 31.9 Å². The molecule has 0 saturated heterocycles. The van der Waals surface area contributed by atoms with Crippen LogP contribution in [0.15, 0.2) is 40.9 Å². The highest BCUT2D eigenvalue weighted by Crippen LogP contribution is 2.35. The van der Waals surface area contributed by atoms with Crippen LogP contribution in [0.4, 0.5) is 0 Å². The Morgan fingerprint density at radius 3 is 2.58 bits per heavy atom. The van der Waals surface area contributed by atoms with Crippen LogP contribution < -0.4 is 0 Å². The average Bonchev–Trinajstić information content (AvgIpc) is 2.83. The Bertz CT molecular complexity index is 602. The van der Waals surface area contributed by atoms with Gasteiger partial charge in [-0.05, 0) is 46.9 Å². The molecule has 0 fully saturated rings. The molecule has 0 amide bonds. The van der Waals surface area contributed by atoms with E-state index in [0.29, 0.717) is 0 Å². The van der Waals surface area contributed by atoms with Crippen molar-refractivity contribution in [3.63, 3.8) is 0 Å². The minimum atomic E-state index is 0.217. The maximum atomic E-state index is 5.47. The number of hydrogen-bond donors (Lipinski definition) is 0. The van der Waals surface area contributed by atoms with Crippen molar-refractivity contribution in [2.75, 3.05) is 0 Å². The van der Waals surface area contributed by atoms with E-state index in [1.54, 1.807) is 0 Å². The van der Waals surface area contributed by atoms with Gasteiger partial charge in [0.25, 0.3) is 0 Å². The summed E-state index contributed by atoms with van der Waals surface area (Å²) in [6.07, 6.45) is 0. The molecule has 1 aliphatic heterocycles. The van der Waals surface area contributed by atoms with Gasteiger partial charge in [0.05, 0.1) is 18.0 Å². The normalized spacial score (nSPS) is 15.3. The van der Waals surface area contributed by atoms with Crippen LogP contribution in [0.25, 0.3) is 0 Å². The number of benzene rings is 2. The average molecular weight is 382 g/mol. The van der Waals surface area contributed by atoms with Gasteiger partial charge >= 0.3 is 0 Å². The van der Waals surface area contributed by atoms with Crippen LogP contribution in [-0.4, -0.2) is 0 Å². The predicted molar refractivity (Wildman–Crippen MR) is 84.6 cm³/mol. The van der Waals surface area contributed by atoms with Crippen molar-refractivity contribution in [2.45, 2.75) is 25.0 Å². The SMILES string of the molecule is Cc1cc(Br)cc(C(Br)c2ccc3c(c2)COC3)c1. The van der Waals surface area contributed by atoms with Crippen LogP contribution in [-0.2, 0) is 18.0 Å². The molecule has 1 heterocycles. The molecule has 0 radical (unpaired) electrons. The molecule has 1 nitrogen and oxygen atoms in total. The second-order valence-corrected chi connectivity index (χ2v) is 6.78. The smallest absolute Gasteiger partial charge is 0.0725 e. The van der Waals surface area contributed by atoms with E-state index in [9.17, 15) is 0 Å². The summed E-state index contributed by atoms with van der Waals surface area (Å²) in [5.74, 6) is 0. The Balaban J connectivity index is 1.97. The van der Waals surface area contributed by atoms with Crippen LogP contribution in [0.3, 0.4) is 0 Å². The number of rotatable bonds is 2. The summed E-state index contributed by atoms with van der Waals surface area (Å²) in [7, 11) is 0. The molecule has 3 heteroatoms. The summed E-state index contributed by atoms with van der Waals surface area (Å²) in [5, 5.41) is 0. The molecular formula is C16H14Br2O. The predicted octanol–water partition coefficient (Wildman–Crippen LogP) is 5.27. The largest absolute Gasteiger partial charge is 0.372 e. The van der Waals surface area contributed by atoms with E-state index in [1.807, 2.05) is 0 Å². The monoisotopic (exact) mass is 380 g/mol. The Morgan fingerprint density at radius 2 is 1.79 bits per heavy atom. The van der Waals surface area contributed by atoms with Gasteiger partial charge in [0.1, 0.15) is 0 Å². The van der Waals surface area contributed by atoms with Crippen molar-refractivity contribution in [1.29, 1.82) is 0 Å². The fourth-order valence-corrected chi connectivity index (χ4v) is 3.63. The van der Waals surface area contributed by atoms with Gasteiger partial charge in [-0.2, -0.15) is 0 Å². The highest BCUT2D eigenvalue weighted by atomic mass is 79.9. The van der Waals surface area contributed by atoms with E-state index in [2.05, 4.69) is 75.2 Å². The molecule has 0 saturated carbocycles. The molecule has 19 heavy (non-hydrogen) atoms. The van der Waals surface area contributed by atoms with Crippen molar-refractivity contribution in [3.05, 3.63) is 68.7 Å². The number of ether oxygens (including phenoxy) is 1. The first kappa shape index (κ1) is 13.3. The molecule has 0 N–H and O–H groups in total. The molecule has 0 bridgehead atoms. The molecule has 0 spiro atoms. The molecule has 1 aliphatic rings. The zero-order valence-corrected chi connectivity index (χ0v) is 13.8. The fraction of sp³-hybridized carbons (Fsp3) is 0.250. The van der Waals surface area contributed by atoms with Crippen LogP contribution >= 0.6 is 31.9 Å². The standard InChI is InChI=1S/C16H14Br2O/c1-10-4-13(7-15(17)5-10)16(18)11-2-3-12-8-19-9-14(12)6-11/h2-7,16H,8-9H2,1H3. The van der Waals surface area contributed by atoms with Gasteiger partial charge < -0.3 is 4.74 Å². The minimum Gasteiger partial charge on any atom is -0.372 e. The summed E-state index contributed by atoms with van der Waals surface area (Å²) in [5.41, 5.74) is 6.44. The first-order chi connectivity index (χ1) is 9.13. The molecule has 0 aliphatic carbocycles. The van der Waals surface area contributed by atoms with E-state index in [-0.39, 0.29) is 4.83 Å². The van der Waals surface area contributed by atoms with Gasteiger partial charge in [-0.15, -0.1) is 0 Å². The summed E-state index contributed by atoms with van der Waals surface area (Å²) >= 11 is 7.37. The van der Waals surface area contributed by atoms with Crippen LogP contribution in [0.1, 0.15) is 32.6 Å². The second kappa shape index (κ2) is 5.39. The quantitative estimate of drug-likeness (QED) is 0.643. The van der Waals surface area contributed by atoms with E-state index in [0.717, 1.165) is 17.7 Å². The van der Waals surface area contributed by atoms with E-state index >= 15 is 0 Å². The van der Waals surface area contributed by atoms with Gasteiger partial charge in [-0.25, -0.2) is 0 Å². The van der Waals surface area contributed by atoms with Crippen molar-refractivity contribution in [3.8, 4) is 0 Å². The maximum absolute atomic E-state index is 5.47. The third-order valence-electron chi connectivity index (χ3n) is 3.40. The lowest BCUT2D eigenvalue weighted by Gasteiger charge is -2.13. The first-order valence-corrected chi connectivity index (χ1v) is 7.95. The Hall–Kier alpha value is -0.640. The lowest BCUT2D eigenvalue weighted by Crippen LogP contribution is -1.95. The van der Waals surface area contributed by atoms with Gasteiger partial charge in [0.2, 0.25) is 0 Å². The molecule has 1 atom stereocenters. The van der Waals surface area contributed by atoms with Gasteiger partial charge in [0, 0.05) is 4.47 Å². The van der Waals surface area contributed by atoms with Crippen LogP contribution in [0, 0.1) is 6.92 Å². The highest BCUT2D eigenvalue weighted by Gasteiger charge is 2.16. The van der Waals surface area contributed by atoms with Gasteiger partial charge in [0.15, 0.2) is 0 Å². The van der Waals surface area contributed by atoms with E-state index < -0.39 is 0 Å². The van der Waals surface area contributed by atoms with E-state index in [1.165, 1.54) is 27.8 Å². The minimum absolute atomic E-state index is 0.217. The van der Waals surface area contributed by atoms with Gasteiger partial charge in [-0.1, -0.05) is 56.1 Å². The maximum Gasteiger partial charge on any atom is 0.0725 e. The number of alkyl halides is 1. The Kier molecular flexibility index (Phi) is 3.79. The topological polar surface area (TPSA) is 9.23 Å². The zero-order valence-electron chi connectivity index (χ0n) is 10.6. The Labute approximate surface area is 130 Å². The molecule has 2 aromatic carbocycles. The van der Waals surface area contributed by atoms with Crippen LogP contribution in [0.5, 0.6) is 0 Å². The number of halogens is 2. The third kappa shape index (κ3) is 2.78. The second-order valence-electron chi connectivity index (χ2n) is 4.95. The first-order valence-electron chi connectivity index (χ1n) is 6.24. The number of fused-ring (bicyclic) bond motifs is 1. The van der Waals surface area contributed by atoms with Gasteiger partial charge in [-0.3, -0.25) is 0 Å². The highest BCUT2D eigenvalue weighted by molar-refractivity contribution is 9.10. The summed E-state index contributed by atoms with van der Waals surface area (Å²) in [6.45, 7) is 3.60.